The van der Waals surface area contributed by atoms with Gasteiger partial charge in [0.15, 0.2) is 0 Å². The molecule has 1 N–H and O–H groups in total. The van der Waals surface area contributed by atoms with Crippen molar-refractivity contribution in [1.82, 2.24) is 10.2 Å². The van der Waals surface area contributed by atoms with Crippen LogP contribution in [0, 0.1) is 5.92 Å². The van der Waals surface area contributed by atoms with Gasteiger partial charge < -0.3 is 10.2 Å². The number of amides is 2. The van der Waals surface area contributed by atoms with Crippen molar-refractivity contribution in [2.24, 2.45) is 5.92 Å². The molecule has 0 atom stereocenters. The van der Waals surface area contributed by atoms with Crippen LogP contribution in [-0.2, 0) is 22.6 Å². The average Bonchev–Trinajstić information content (AvgIpc) is 2.69. The fraction of sp³-hybridized carbons (Fsp3) is 0.333. The molecule has 0 saturated carbocycles. The Morgan fingerprint density at radius 1 is 0.962 bits per heavy atom. The first-order chi connectivity index (χ1) is 12.6. The van der Waals surface area contributed by atoms with E-state index in [4.69, 9.17) is 0 Å². The summed E-state index contributed by atoms with van der Waals surface area (Å²) in [5.74, 6) is 0.222. The lowest BCUT2D eigenvalue weighted by Gasteiger charge is -2.31. The highest BCUT2D eigenvalue weighted by atomic mass is 79.9. The van der Waals surface area contributed by atoms with Gasteiger partial charge in [-0.3, -0.25) is 9.59 Å². The molecule has 0 radical (unpaired) electrons. The van der Waals surface area contributed by atoms with E-state index in [9.17, 15) is 9.59 Å². The van der Waals surface area contributed by atoms with Crippen LogP contribution < -0.4 is 5.32 Å². The minimum absolute atomic E-state index is 0.00422. The molecular weight excluding hydrogens is 392 g/mol. The van der Waals surface area contributed by atoms with Gasteiger partial charge in [-0.15, -0.1) is 0 Å². The van der Waals surface area contributed by atoms with Crippen molar-refractivity contribution in [3.05, 3.63) is 70.2 Å². The first-order valence-corrected chi connectivity index (χ1v) is 9.75. The van der Waals surface area contributed by atoms with Gasteiger partial charge in [0.05, 0.1) is 6.42 Å². The molecule has 136 valence electrons. The molecule has 26 heavy (non-hydrogen) atoms. The molecule has 1 saturated heterocycles. The Hall–Kier alpha value is -2.14. The number of nitrogens with one attached hydrogen (secondary N) is 1. The van der Waals surface area contributed by atoms with E-state index in [1.807, 2.05) is 59.5 Å². The van der Waals surface area contributed by atoms with E-state index in [1.165, 1.54) is 0 Å². The number of rotatable bonds is 5. The highest BCUT2D eigenvalue weighted by Crippen LogP contribution is 2.19. The van der Waals surface area contributed by atoms with Gasteiger partial charge in [0.2, 0.25) is 11.8 Å². The maximum absolute atomic E-state index is 12.5. The maximum atomic E-state index is 12.5. The van der Waals surface area contributed by atoms with E-state index in [0.29, 0.717) is 26.1 Å². The number of hydrogen-bond donors (Lipinski definition) is 1. The van der Waals surface area contributed by atoms with Gasteiger partial charge in [-0.1, -0.05) is 58.4 Å². The molecule has 0 unspecified atom stereocenters. The van der Waals surface area contributed by atoms with Crippen LogP contribution >= 0.6 is 15.9 Å². The number of piperidine rings is 1. The number of benzene rings is 2. The van der Waals surface area contributed by atoms with Crippen LogP contribution in [-0.4, -0.2) is 29.8 Å². The minimum Gasteiger partial charge on any atom is -0.352 e. The molecule has 1 heterocycles. The molecule has 5 heteroatoms. The van der Waals surface area contributed by atoms with Crippen molar-refractivity contribution in [2.45, 2.75) is 25.8 Å². The van der Waals surface area contributed by atoms with Gasteiger partial charge >= 0.3 is 0 Å². The summed E-state index contributed by atoms with van der Waals surface area (Å²) in [5, 5.41) is 3.01. The van der Waals surface area contributed by atoms with E-state index in [-0.39, 0.29) is 17.7 Å². The second-order valence-corrected chi connectivity index (χ2v) is 7.58. The fourth-order valence-electron chi connectivity index (χ4n) is 3.21. The second kappa shape index (κ2) is 8.99. The van der Waals surface area contributed by atoms with Crippen LogP contribution in [0.2, 0.25) is 0 Å². The Bertz CT molecular complexity index is 738. The van der Waals surface area contributed by atoms with E-state index in [1.54, 1.807) is 0 Å². The Morgan fingerprint density at radius 3 is 2.27 bits per heavy atom. The summed E-state index contributed by atoms with van der Waals surface area (Å²) in [6, 6.07) is 17.7. The monoisotopic (exact) mass is 414 g/mol. The number of likely N-dealkylation sites (tertiary alicyclic amines) is 1. The van der Waals surface area contributed by atoms with Gasteiger partial charge in [0, 0.05) is 30.0 Å². The number of nitrogens with zero attached hydrogens (tertiary/aromatic N) is 1. The number of hydrogen-bond acceptors (Lipinski definition) is 2. The minimum atomic E-state index is -0.00422. The first kappa shape index (κ1) is 18.6. The van der Waals surface area contributed by atoms with Crippen molar-refractivity contribution in [1.29, 1.82) is 0 Å². The number of carbonyl (C=O) groups excluding carboxylic acids is 2. The second-order valence-electron chi connectivity index (χ2n) is 6.66. The quantitative estimate of drug-likeness (QED) is 0.812. The maximum Gasteiger partial charge on any atom is 0.226 e. The van der Waals surface area contributed by atoms with Crippen molar-refractivity contribution < 1.29 is 9.59 Å². The van der Waals surface area contributed by atoms with Gasteiger partial charge in [-0.25, -0.2) is 0 Å². The van der Waals surface area contributed by atoms with Crippen molar-refractivity contribution in [3.8, 4) is 0 Å². The molecule has 3 rings (SSSR count). The Labute approximate surface area is 162 Å². The fourth-order valence-corrected chi connectivity index (χ4v) is 3.47. The molecule has 0 aliphatic carbocycles. The summed E-state index contributed by atoms with van der Waals surface area (Å²) in [6.07, 6.45) is 1.87. The zero-order chi connectivity index (χ0) is 18.4. The predicted molar refractivity (Wildman–Crippen MR) is 105 cm³/mol. The largest absolute Gasteiger partial charge is 0.352 e. The highest BCUT2D eigenvalue weighted by molar-refractivity contribution is 9.10. The lowest BCUT2D eigenvalue weighted by molar-refractivity contribution is -0.135. The topological polar surface area (TPSA) is 49.4 Å². The van der Waals surface area contributed by atoms with Crippen LogP contribution in [0.4, 0.5) is 0 Å². The van der Waals surface area contributed by atoms with Crippen molar-refractivity contribution in [3.63, 3.8) is 0 Å². The van der Waals surface area contributed by atoms with E-state index >= 15 is 0 Å². The van der Waals surface area contributed by atoms with Crippen LogP contribution in [0.15, 0.2) is 59.1 Å². The van der Waals surface area contributed by atoms with Gasteiger partial charge in [0.25, 0.3) is 0 Å². The predicted octanol–water partition coefficient (Wildman–Crippen LogP) is 3.55. The van der Waals surface area contributed by atoms with E-state index in [2.05, 4.69) is 21.2 Å². The molecule has 2 aromatic rings. The number of carbonyl (C=O) groups is 2. The Morgan fingerprint density at radius 2 is 1.62 bits per heavy atom. The molecule has 2 aromatic carbocycles. The third-order valence-corrected chi connectivity index (χ3v) is 5.33. The van der Waals surface area contributed by atoms with E-state index < -0.39 is 0 Å². The normalized spacial score (nSPS) is 14.9. The summed E-state index contributed by atoms with van der Waals surface area (Å²) < 4.78 is 1.01. The van der Waals surface area contributed by atoms with Crippen LogP contribution in [0.3, 0.4) is 0 Å². The van der Waals surface area contributed by atoms with Crippen molar-refractivity contribution >= 4 is 27.7 Å². The van der Waals surface area contributed by atoms with Gasteiger partial charge in [0.1, 0.15) is 0 Å². The molecule has 0 aromatic heterocycles. The molecule has 0 bridgehead atoms. The first-order valence-electron chi connectivity index (χ1n) is 8.95. The SMILES string of the molecule is O=C(NCc1ccccc1)C1CCN(C(=O)Cc2ccc(Br)cc2)CC1. The summed E-state index contributed by atoms with van der Waals surface area (Å²) in [4.78, 5) is 26.7. The molecule has 1 fully saturated rings. The van der Waals surface area contributed by atoms with Crippen LogP contribution in [0.1, 0.15) is 24.0 Å². The Balaban J connectivity index is 1.43. The standard InChI is InChI=1S/C21H23BrN2O2/c22-19-8-6-16(7-9-19)14-20(25)24-12-10-18(11-13-24)21(26)23-15-17-4-2-1-3-5-17/h1-9,18H,10-15H2,(H,23,26). The zero-order valence-corrected chi connectivity index (χ0v) is 16.2. The summed E-state index contributed by atoms with van der Waals surface area (Å²) in [5.41, 5.74) is 2.11. The summed E-state index contributed by atoms with van der Waals surface area (Å²) in [7, 11) is 0. The Kier molecular flexibility index (Phi) is 6.45. The number of halogens is 1. The molecule has 2 amide bonds. The summed E-state index contributed by atoms with van der Waals surface area (Å²) in [6.45, 7) is 1.86. The zero-order valence-electron chi connectivity index (χ0n) is 14.7. The molecule has 1 aliphatic heterocycles. The molecular formula is C21H23BrN2O2. The van der Waals surface area contributed by atoms with Crippen molar-refractivity contribution in [2.75, 3.05) is 13.1 Å². The van der Waals surface area contributed by atoms with Gasteiger partial charge in [-0.05, 0) is 36.1 Å². The van der Waals surface area contributed by atoms with Gasteiger partial charge in [-0.2, -0.15) is 0 Å². The lowest BCUT2D eigenvalue weighted by atomic mass is 9.95. The third kappa shape index (κ3) is 5.18. The molecule has 0 spiro atoms. The van der Waals surface area contributed by atoms with E-state index in [0.717, 1.165) is 28.4 Å². The average molecular weight is 415 g/mol. The van der Waals surface area contributed by atoms with Crippen LogP contribution in [0.25, 0.3) is 0 Å². The lowest BCUT2D eigenvalue weighted by Crippen LogP contribution is -2.43. The smallest absolute Gasteiger partial charge is 0.226 e. The highest BCUT2D eigenvalue weighted by Gasteiger charge is 2.27. The third-order valence-electron chi connectivity index (χ3n) is 4.80. The molecule has 4 nitrogen and oxygen atoms in total. The summed E-state index contributed by atoms with van der Waals surface area (Å²) >= 11 is 3.40. The molecule has 1 aliphatic rings. The van der Waals surface area contributed by atoms with Crippen LogP contribution in [0.5, 0.6) is 0 Å².